The summed E-state index contributed by atoms with van der Waals surface area (Å²) in [6.45, 7) is 6.46. The van der Waals surface area contributed by atoms with Crippen molar-refractivity contribution in [1.29, 1.82) is 0 Å². The lowest BCUT2D eigenvalue weighted by atomic mass is 9.91. The van der Waals surface area contributed by atoms with Crippen molar-refractivity contribution in [3.8, 4) is 0 Å². The summed E-state index contributed by atoms with van der Waals surface area (Å²) in [7, 11) is 2.15. The van der Waals surface area contributed by atoms with E-state index in [0.717, 1.165) is 50.6 Å². The number of aromatic nitrogens is 3. The van der Waals surface area contributed by atoms with Crippen LogP contribution in [0.5, 0.6) is 0 Å². The summed E-state index contributed by atoms with van der Waals surface area (Å²) in [5.41, 5.74) is 2.31. The standard InChI is InChI=1S/C17H24N4O.C5H12N2/c1-2-4-13(5-3-1)21-17-15-14(12-6-8-22-9-7-12)10-18-16(15)19-11-20-17;1-7-4-2-6-3-5-7/h10-13H,1-9H2,(H2,18,19,20,21);6H,2-5H2,1H3. The number of nitrogens with zero attached hydrogens (tertiary/aromatic N) is 3. The minimum absolute atomic E-state index is 0.556. The fraction of sp³-hybridized carbons (Fsp3) is 0.727. The van der Waals surface area contributed by atoms with Crippen molar-refractivity contribution in [3.05, 3.63) is 18.1 Å². The third-order valence-corrected chi connectivity index (χ3v) is 6.45. The van der Waals surface area contributed by atoms with Gasteiger partial charge in [-0.3, -0.25) is 0 Å². The SMILES string of the molecule is CN1CCNCC1.c1nc(NC2CCCCC2)c2c(C3CCOCC3)c[nH]c2n1. The Morgan fingerprint density at radius 2 is 1.79 bits per heavy atom. The zero-order valence-corrected chi connectivity index (χ0v) is 17.8. The minimum Gasteiger partial charge on any atom is -0.381 e. The van der Waals surface area contributed by atoms with Gasteiger partial charge in [0.15, 0.2) is 0 Å². The first-order valence-corrected chi connectivity index (χ1v) is 11.4. The average Bonchev–Trinajstić information content (AvgIpc) is 3.21. The molecule has 29 heavy (non-hydrogen) atoms. The van der Waals surface area contributed by atoms with Gasteiger partial charge >= 0.3 is 0 Å². The molecule has 2 aromatic heterocycles. The molecule has 1 aliphatic carbocycles. The van der Waals surface area contributed by atoms with Crippen LogP contribution in [0.3, 0.4) is 0 Å². The second-order valence-corrected chi connectivity index (χ2v) is 8.61. The molecule has 7 nitrogen and oxygen atoms in total. The molecule has 160 valence electrons. The number of hydrogen-bond acceptors (Lipinski definition) is 6. The van der Waals surface area contributed by atoms with Crippen LogP contribution in [0.15, 0.2) is 12.5 Å². The van der Waals surface area contributed by atoms with Gasteiger partial charge in [0.1, 0.15) is 17.8 Å². The van der Waals surface area contributed by atoms with E-state index in [1.54, 1.807) is 6.33 Å². The van der Waals surface area contributed by atoms with E-state index in [1.807, 2.05) is 0 Å². The van der Waals surface area contributed by atoms with Gasteiger partial charge in [0, 0.05) is 51.6 Å². The van der Waals surface area contributed by atoms with Crippen LogP contribution < -0.4 is 10.6 Å². The zero-order chi connectivity index (χ0) is 19.9. The van der Waals surface area contributed by atoms with E-state index in [1.165, 1.54) is 56.1 Å². The molecular formula is C22H36N6O. The van der Waals surface area contributed by atoms with Gasteiger partial charge in [0.05, 0.1) is 5.39 Å². The number of nitrogens with one attached hydrogen (secondary N) is 3. The highest BCUT2D eigenvalue weighted by atomic mass is 16.5. The molecule has 0 spiro atoms. The summed E-state index contributed by atoms with van der Waals surface area (Å²) in [5.74, 6) is 1.57. The second-order valence-electron chi connectivity index (χ2n) is 8.61. The quantitative estimate of drug-likeness (QED) is 0.735. The number of piperazine rings is 1. The topological polar surface area (TPSA) is 78.1 Å². The summed E-state index contributed by atoms with van der Waals surface area (Å²) >= 11 is 0. The highest BCUT2D eigenvalue weighted by Gasteiger charge is 2.23. The first-order valence-electron chi connectivity index (χ1n) is 11.4. The molecule has 5 rings (SSSR count). The number of fused-ring (bicyclic) bond motifs is 1. The van der Waals surface area contributed by atoms with E-state index in [0.29, 0.717) is 12.0 Å². The Morgan fingerprint density at radius 3 is 2.48 bits per heavy atom. The molecule has 3 aliphatic rings. The van der Waals surface area contributed by atoms with Crippen LogP contribution in [0.25, 0.3) is 11.0 Å². The van der Waals surface area contributed by atoms with Crippen molar-refractivity contribution >= 4 is 16.9 Å². The summed E-state index contributed by atoms with van der Waals surface area (Å²) < 4.78 is 5.50. The van der Waals surface area contributed by atoms with E-state index in [4.69, 9.17) is 4.74 Å². The van der Waals surface area contributed by atoms with Gasteiger partial charge in [-0.15, -0.1) is 0 Å². The van der Waals surface area contributed by atoms with Crippen LogP contribution in [0, 0.1) is 0 Å². The molecule has 0 aromatic carbocycles. The molecule has 3 N–H and O–H groups in total. The highest BCUT2D eigenvalue weighted by Crippen LogP contribution is 2.35. The molecule has 7 heteroatoms. The Morgan fingerprint density at radius 1 is 1.03 bits per heavy atom. The van der Waals surface area contributed by atoms with Crippen molar-refractivity contribution in [1.82, 2.24) is 25.2 Å². The van der Waals surface area contributed by atoms with Gasteiger partial charge in [0.25, 0.3) is 0 Å². The van der Waals surface area contributed by atoms with E-state index in [9.17, 15) is 0 Å². The van der Waals surface area contributed by atoms with Crippen molar-refractivity contribution in [3.63, 3.8) is 0 Å². The number of hydrogen-bond donors (Lipinski definition) is 3. The third-order valence-electron chi connectivity index (χ3n) is 6.45. The molecule has 0 atom stereocenters. The average molecular weight is 401 g/mol. The summed E-state index contributed by atoms with van der Waals surface area (Å²) in [6, 6.07) is 0.560. The molecule has 0 unspecified atom stereocenters. The first-order chi connectivity index (χ1) is 14.3. The molecule has 2 aromatic rings. The Kier molecular flexibility index (Phi) is 7.35. The molecule has 0 amide bonds. The molecule has 0 radical (unpaired) electrons. The van der Waals surface area contributed by atoms with Gasteiger partial charge in [-0.25, -0.2) is 9.97 Å². The molecule has 2 aliphatic heterocycles. The lowest BCUT2D eigenvalue weighted by Crippen LogP contribution is -2.40. The lowest BCUT2D eigenvalue weighted by Gasteiger charge is -2.25. The van der Waals surface area contributed by atoms with Gasteiger partial charge in [0.2, 0.25) is 0 Å². The first kappa shape index (κ1) is 20.6. The van der Waals surface area contributed by atoms with Gasteiger partial charge in [-0.2, -0.15) is 0 Å². The van der Waals surface area contributed by atoms with E-state index in [-0.39, 0.29) is 0 Å². The van der Waals surface area contributed by atoms with Gasteiger partial charge in [-0.05, 0) is 44.2 Å². The minimum atomic E-state index is 0.556. The van der Waals surface area contributed by atoms with Gasteiger partial charge in [-0.1, -0.05) is 19.3 Å². The van der Waals surface area contributed by atoms with E-state index < -0.39 is 0 Å². The number of rotatable bonds is 3. The normalized spacial score (nSPS) is 22.2. The van der Waals surface area contributed by atoms with Crippen molar-refractivity contribution in [2.45, 2.75) is 56.9 Å². The van der Waals surface area contributed by atoms with Crippen molar-refractivity contribution in [2.75, 3.05) is 51.8 Å². The van der Waals surface area contributed by atoms with Crippen molar-refractivity contribution in [2.24, 2.45) is 0 Å². The Labute approximate surface area is 174 Å². The summed E-state index contributed by atoms with van der Waals surface area (Å²) in [6.07, 6.45) is 12.5. The molecule has 2 saturated heterocycles. The molecule has 0 bridgehead atoms. The maximum atomic E-state index is 5.50. The van der Waals surface area contributed by atoms with Crippen LogP contribution in [0.4, 0.5) is 5.82 Å². The Hall–Kier alpha value is -1.70. The van der Waals surface area contributed by atoms with Crippen LogP contribution in [-0.4, -0.2) is 72.3 Å². The third kappa shape index (κ3) is 5.47. The summed E-state index contributed by atoms with van der Waals surface area (Å²) in [5, 5.41) is 8.15. The maximum absolute atomic E-state index is 5.50. The molecule has 4 heterocycles. The maximum Gasteiger partial charge on any atom is 0.143 e. The number of anilines is 1. The predicted octanol–water partition coefficient (Wildman–Crippen LogP) is 3.12. The number of aromatic amines is 1. The number of H-pyrrole nitrogens is 1. The second kappa shape index (κ2) is 10.4. The Balaban J connectivity index is 0.000000249. The van der Waals surface area contributed by atoms with Crippen LogP contribution in [0.1, 0.15) is 56.4 Å². The lowest BCUT2D eigenvalue weighted by molar-refractivity contribution is 0.0856. The largest absolute Gasteiger partial charge is 0.381 e. The van der Waals surface area contributed by atoms with E-state index in [2.05, 4.69) is 43.7 Å². The molecule has 1 saturated carbocycles. The molecular weight excluding hydrogens is 364 g/mol. The smallest absolute Gasteiger partial charge is 0.143 e. The van der Waals surface area contributed by atoms with Gasteiger partial charge < -0.3 is 25.3 Å². The predicted molar refractivity (Wildman–Crippen MR) is 118 cm³/mol. The fourth-order valence-corrected chi connectivity index (χ4v) is 4.64. The zero-order valence-electron chi connectivity index (χ0n) is 17.8. The van der Waals surface area contributed by atoms with Crippen LogP contribution in [-0.2, 0) is 4.74 Å². The van der Waals surface area contributed by atoms with Crippen LogP contribution >= 0.6 is 0 Å². The molecule has 3 fully saturated rings. The van der Waals surface area contributed by atoms with E-state index >= 15 is 0 Å². The number of ether oxygens (including phenoxy) is 1. The van der Waals surface area contributed by atoms with Crippen molar-refractivity contribution < 1.29 is 4.74 Å². The summed E-state index contributed by atoms with van der Waals surface area (Å²) in [4.78, 5) is 14.6. The monoisotopic (exact) mass is 400 g/mol. The van der Waals surface area contributed by atoms with Crippen LogP contribution in [0.2, 0.25) is 0 Å². The Bertz CT molecular complexity index is 745. The fourth-order valence-electron chi connectivity index (χ4n) is 4.64. The highest BCUT2D eigenvalue weighted by molar-refractivity contribution is 5.90. The number of likely N-dealkylation sites (N-methyl/N-ethyl adjacent to an activating group) is 1.